The fourth-order valence-electron chi connectivity index (χ4n) is 1.91. The number of aromatic nitrogens is 2. The standard InChI is InChI=1S/C13H25N3O/c1-4-6-13-15-8-9-16(13)12(2)11-14-7-5-10-17-3/h8-9,12,14H,4-7,10-11H2,1-3H3. The quantitative estimate of drug-likeness (QED) is 0.670. The van der Waals surface area contributed by atoms with E-state index < -0.39 is 0 Å². The molecular formula is C13H25N3O. The number of nitrogens with zero attached hydrogens (tertiary/aromatic N) is 2. The van der Waals surface area contributed by atoms with E-state index in [9.17, 15) is 0 Å². The zero-order chi connectivity index (χ0) is 12.5. The number of ether oxygens (including phenoxy) is 1. The number of imidazole rings is 1. The van der Waals surface area contributed by atoms with Crippen LogP contribution >= 0.6 is 0 Å². The largest absolute Gasteiger partial charge is 0.385 e. The second kappa shape index (κ2) is 8.25. The first-order valence-corrected chi connectivity index (χ1v) is 6.51. The van der Waals surface area contributed by atoms with Gasteiger partial charge in [0.2, 0.25) is 0 Å². The summed E-state index contributed by atoms with van der Waals surface area (Å²) in [6.45, 7) is 7.23. The highest BCUT2D eigenvalue weighted by Gasteiger charge is 2.08. The van der Waals surface area contributed by atoms with E-state index in [2.05, 4.69) is 34.9 Å². The number of rotatable bonds is 9. The summed E-state index contributed by atoms with van der Waals surface area (Å²) in [7, 11) is 1.74. The fraction of sp³-hybridized carbons (Fsp3) is 0.769. The minimum Gasteiger partial charge on any atom is -0.385 e. The second-order valence-corrected chi connectivity index (χ2v) is 4.40. The molecule has 0 saturated heterocycles. The number of aryl methyl sites for hydroxylation is 1. The van der Waals surface area contributed by atoms with Crippen molar-refractivity contribution in [2.45, 2.75) is 39.2 Å². The van der Waals surface area contributed by atoms with Crippen molar-refractivity contribution in [2.75, 3.05) is 26.8 Å². The first-order valence-electron chi connectivity index (χ1n) is 6.51. The van der Waals surface area contributed by atoms with Crippen molar-refractivity contribution in [3.05, 3.63) is 18.2 Å². The highest BCUT2D eigenvalue weighted by atomic mass is 16.5. The number of hydrogen-bond donors (Lipinski definition) is 1. The Morgan fingerprint density at radius 3 is 3.06 bits per heavy atom. The molecule has 1 atom stereocenters. The lowest BCUT2D eigenvalue weighted by atomic mass is 10.2. The van der Waals surface area contributed by atoms with Crippen LogP contribution in [0.3, 0.4) is 0 Å². The van der Waals surface area contributed by atoms with Gasteiger partial charge in [-0.15, -0.1) is 0 Å². The third-order valence-electron chi connectivity index (χ3n) is 2.84. The SMILES string of the molecule is CCCc1nccn1C(C)CNCCCOC. The molecule has 4 heteroatoms. The molecule has 1 heterocycles. The molecule has 17 heavy (non-hydrogen) atoms. The molecule has 0 aliphatic carbocycles. The zero-order valence-electron chi connectivity index (χ0n) is 11.3. The first kappa shape index (κ1) is 14.2. The van der Waals surface area contributed by atoms with Crippen LogP contribution in [0.25, 0.3) is 0 Å². The van der Waals surface area contributed by atoms with E-state index in [1.807, 2.05) is 6.20 Å². The van der Waals surface area contributed by atoms with Crippen molar-refractivity contribution in [1.29, 1.82) is 0 Å². The van der Waals surface area contributed by atoms with Gasteiger partial charge in [-0.1, -0.05) is 6.92 Å². The molecule has 0 bridgehead atoms. The van der Waals surface area contributed by atoms with Gasteiger partial charge in [-0.2, -0.15) is 0 Å². The molecule has 0 radical (unpaired) electrons. The lowest BCUT2D eigenvalue weighted by molar-refractivity contribution is 0.194. The van der Waals surface area contributed by atoms with Gasteiger partial charge in [0, 0.05) is 45.1 Å². The molecule has 1 rings (SSSR count). The summed E-state index contributed by atoms with van der Waals surface area (Å²) in [6, 6.07) is 0.460. The molecule has 1 unspecified atom stereocenters. The normalized spacial score (nSPS) is 12.9. The van der Waals surface area contributed by atoms with Gasteiger partial charge in [-0.25, -0.2) is 4.98 Å². The maximum absolute atomic E-state index is 5.02. The predicted octanol–water partition coefficient (Wildman–Crippen LogP) is 2.02. The van der Waals surface area contributed by atoms with E-state index in [1.54, 1.807) is 7.11 Å². The summed E-state index contributed by atoms with van der Waals surface area (Å²) in [5.41, 5.74) is 0. The summed E-state index contributed by atoms with van der Waals surface area (Å²) in [6.07, 6.45) is 7.24. The average Bonchev–Trinajstić information content (AvgIpc) is 2.77. The van der Waals surface area contributed by atoms with Crippen LogP contribution in [0.15, 0.2) is 12.4 Å². The van der Waals surface area contributed by atoms with Crippen molar-refractivity contribution in [1.82, 2.24) is 14.9 Å². The lowest BCUT2D eigenvalue weighted by Gasteiger charge is -2.17. The van der Waals surface area contributed by atoms with Gasteiger partial charge >= 0.3 is 0 Å². The molecule has 0 amide bonds. The maximum atomic E-state index is 5.02. The topological polar surface area (TPSA) is 39.1 Å². The van der Waals surface area contributed by atoms with E-state index in [4.69, 9.17) is 4.74 Å². The van der Waals surface area contributed by atoms with Gasteiger partial charge in [0.25, 0.3) is 0 Å². The van der Waals surface area contributed by atoms with Gasteiger partial charge in [-0.05, 0) is 26.3 Å². The molecule has 0 aliphatic rings. The average molecular weight is 239 g/mol. The van der Waals surface area contributed by atoms with Gasteiger partial charge in [-0.3, -0.25) is 0 Å². The van der Waals surface area contributed by atoms with E-state index in [1.165, 1.54) is 5.82 Å². The Hall–Kier alpha value is -0.870. The van der Waals surface area contributed by atoms with Crippen LogP contribution in [0.5, 0.6) is 0 Å². The van der Waals surface area contributed by atoms with Crippen molar-refractivity contribution in [3.63, 3.8) is 0 Å². The van der Waals surface area contributed by atoms with Crippen LogP contribution in [0.2, 0.25) is 0 Å². The third-order valence-corrected chi connectivity index (χ3v) is 2.84. The van der Waals surface area contributed by atoms with Gasteiger partial charge in [0.05, 0.1) is 0 Å². The Morgan fingerprint density at radius 2 is 2.35 bits per heavy atom. The van der Waals surface area contributed by atoms with Crippen LogP contribution in [-0.4, -0.2) is 36.4 Å². The van der Waals surface area contributed by atoms with Gasteiger partial charge in [0.15, 0.2) is 0 Å². The maximum Gasteiger partial charge on any atom is 0.108 e. The van der Waals surface area contributed by atoms with E-state index in [-0.39, 0.29) is 0 Å². The van der Waals surface area contributed by atoms with E-state index in [0.717, 1.165) is 39.0 Å². The van der Waals surface area contributed by atoms with Crippen LogP contribution in [-0.2, 0) is 11.2 Å². The summed E-state index contributed by atoms with van der Waals surface area (Å²) in [5.74, 6) is 1.19. The zero-order valence-corrected chi connectivity index (χ0v) is 11.3. The van der Waals surface area contributed by atoms with Gasteiger partial charge < -0.3 is 14.6 Å². The second-order valence-electron chi connectivity index (χ2n) is 4.40. The van der Waals surface area contributed by atoms with Crippen LogP contribution < -0.4 is 5.32 Å². The molecule has 1 aromatic rings. The molecule has 4 nitrogen and oxygen atoms in total. The Labute approximate surface area is 104 Å². The fourth-order valence-corrected chi connectivity index (χ4v) is 1.91. The smallest absolute Gasteiger partial charge is 0.108 e. The first-order chi connectivity index (χ1) is 8.29. The molecule has 0 aliphatic heterocycles. The Balaban J connectivity index is 2.30. The molecule has 0 saturated carbocycles. The molecule has 1 aromatic heterocycles. The predicted molar refractivity (Wildman–Crippen MR) is 70.3 cm³/mol. The van der Waals surface area contributed by atoms with E-state index >= 15 is 0 Å². The van der Waals surface area contributed by atoms with Crippen molar-refractivity contribution < 1.29 is 4.74 Å². The van der Waals surface area contributed by atoms with Crippen molar-refractivity contribution >= 4 is 0 Å². The van der Waals surface area contributed by atoms with Crippen LogP contribution in [0.1, 0.15) is 38.6 Å². The van der Waals surface area contributed by atoms with Crippen LogP contribution in [0.4, 0.5) is 0 Å². The lowest BCUT2D eigenvalue weighted by Crippen LogP contribution is -2.25. The monoisotopic (exact) mass is 239 g/mol. The Morgan fingerprint density at radius 1 is 1.53 bits per heavy atom. The number of nitrogens with one attached hydrogen (secondary N) is 1. The third kappa shape index (κ3) is 4.88. The molecule has 0 spiro atoms. The molecule has 1 N–H and O–H groups in total. The molecular weight excluding hydrogens is 214 g/mol. The van der Waals surface area contributed by atoms with Crippen LogP contribution in [0, 0.1) is 0 Å². The molecule has 98 valence electrons. The van der Waals surface area contributed by atoms with Crippen molar-refractivity contribution in [2.24, 2.45) is 0 Å². The summed E-state index contributed by atoms with van der Waals surface area (Å²) in [4.78, 5) is 4.40. The van der Waals surface area contributed by atoms with Crippen molar-refractivity contribution in [3.8, 4) is 0 Å². The number of hydrogen-bond acceptors (Lipinski definition) is 3. The minimum absolute atomic E-state index is 0.460. The Bertz CT molecular complexity index is 299. The molecule has 0 fully saturated rings. The highest BCUT2D eigenvalue weighted by Crippen LogP contribution is 2.09. The van der Waals surface area contributed by atoms with E-state index in [0.29, 0.717) is 6.04 Å². The number of methoxy groups -OCH3 is 1. The summed E-state index contributed by atoms with van der Waals surface area (Å²) < 4.78 is 7.29. The van der Waals surface area contributed by atoms with Gasteiger partial charge in [0.1, 0.15) is 5.82 Å². The Kier molecular flexibility index (Phi) is 6.89. The molecule has 0 aromatic carbocycles. The highest BCUT2D eigenvalue weighted by molar-refractivity contribution is 4.95. The summed E-state index contributed by atoms with van der Waals surface area (Å²) >= 11 is 0. The summed E-state index contributed by atoms with van der Waals surface area (Å²) in [5, 5.41) is 3.45. The minimum atomic E-state index is 0.460.